The van der Waals surface area contributed by atoms with Gasteiger partial charge in [-0.1, -0.05) is 26.7 Å². The Bertz CT molecular complexity index is 719. The van der Waals surface area contributed by atoms with Crippen molar-refractivity contribution < 1.29 is 33.3 Å². The second-order valence-electron chi connectivity index (χ2n) is 6.95. The summed E-state index contributed by atoms with van der Waals surface area (Å²) in [5.74, 6) is -1.01. The van der Waals surface area contributed by atoms with Gasteiger partial charge in [0.2, 0.25) is 6.79 Å². The predicted octanol–water partition coefficient (Wildman–Crippen LogP) is 2.87. The standard InChI is InChI=1S/C21H32N2O7/c1-7-16(8-2)11-13(3)30-21(26)14(4)23-20(25)18-19(29-12-28-15(5)24)17(27-6)9-10-22-18/h9-10,13-14,16H,7-8,11-12H2,1-6H3,(H,23,25)/t13-,14-/m0/s1. The van der Waals surface area contributed by atoms with Crippen LogP contribution < -0.4 is 14.8 Å². The third-order valence-corrected chi connectivity index (χ3v) is 4.61. The van der Waals surface area contributed by atoms with Crippen LogP contribution in [-0.4, -0.2) is 48.9 Å². The zero-order valence-electron chi connectivity index (χ0n) is 18.5. The van der Waals surface area contributed by atoms with Crippen LogP contribution >= 0.6 is 0 Å². The normalized spacial score (nSPS) is 12.6. The second-order valence-corrected chi connectivity index (χ2v) is 6.95. The highest BCUT2D eigenvalue weighted by Gasteiger charge is 2.25. The Morgan fingerprint density at radius 3 is 2.40 bits per heavy atom. The molecule has 0 fully saturated rings. The van der Waals surface area contributed by atoms with Gasteiger partial charge in [0.25, 0.3) is 5.91 Å². The molecule has 0 saturated heterocycles. The summed E-state index contributed by atoms with van der Waals surface area (Å²) in [6.45, 7) is 8.40. The van der Waals surface area contributed by atoms with Crippen molar-refractivity contribution in [2.24, 2.45) is 5.92 Å². The van der Waals surface area contributed by atoms with Crippen molar-refractivity contribution in [1.29, 1.82) is 0 Å². The van der Waals surface area contributed by atoms with Crippen LogP contribution in [0.4, 0.5) is 0 Å². The number of rotatable bonds is 12. The summed E-state index contributed by atoms with van der Waals surface area (Å²) < 4.78 is 20.7. The van der Waals surface area contributed by atoms with Crippen LogP contribution in [-0.2, 0) is 19.1 Å². The van der Waals surface area contributed by atoms with E-state index in [0.717, 1.165) is 19.3 Å². The van der Waals surface area contributed by atoms with Crippen molar-refractivity contribution in [3.05, 3.63) is 18.0 Å². The van der Waals surface area contributed by atoms with E-state index in [9.17, 15) is 14.4 Å². The molecular formula is C21H32N2O7. The summed E-state index contributed by atoms with van der Waals surface area (Å²) in [6.07, 6.45) is 3.92. The molecule has 1 N–H and O–H groups in total. The smallest absolute Gasteiger partial charge is 0.328 e. The van der Waals surface area contributed by atoms with Gasteiger partial charge in [-0.05, 0) is 26.2 Å². The predicted molar refractivity (Wildman–Crippen MR) is 109 cm³/mol. The first-order valence-electron chi connectivity index (χ1n) is 10.0. The molecule has 1 amide bonds. The molecule has 0 saturated carbocycles. The zero-order chi connectivity index (χ0) is 22.7. The first-order valence-corrected chi connectivity index (χ1v) is 10.0. The Hall–Kier alpha value is -2.84. The maximum absolute atomic E-state index is 12.7. The number of nitrogens with zero attached hydrogens (tertiary/aromatic N) is 1. The lowest BCUT2D eigenvalue weighted by Crippen LogP contribution is -2.41. The van der Waals surface area contributed by atoms with E-state index < -0.39 is 30.7 Å². The molecule has 0 bridgehead atoms. The lowest BCUT2D eigenvalue weighted by molar-refractivity contribution is -0.151. The summed E-state index contributed by atoms with van der Waals surface area (Å²) >= 11 is 0. The fourth-order valence-electron chi connectivity index (χ4n) is 2.83. The molecule has 1 aromatic heterocycles. The Balaban J connectivity index is 2.80. The van der Waals surface area contributed by atoms with Crippen molar-refractivity contribution in [2.75, 3.05) is 13.9 Å². The van der Waals surface area contributed by atoms with E-state index >= 15 is 0 Å². The summed E-state index contributed by atoms with van der Waals surface area (Å²) in [7, 11) is 1.40. The van der Waals surface area contributed by atoms with Gasteiger partial charge < -0.3 is 24.3 Å². The molecule has 0 radical (unpaired) electrons. The third-order valence-electron chi connectivity index (χ3n) is 4.61. The van der Waals surface area contributed by atoms with Gasteiger partial charge in [0.1, 0.15) is 6.04 Å². The highest BCUT2D eigenvalue weighted by molar-refractivity contribution is 5.98. The van der Waals surface area contributed by atoms with Gasteiger partial charge in [0, 0.05) is 19.2 Å². The molecule has 9 heteroatoms. The van der Waals surface area contributed by atoms with Crippen molar-refractivity contribution in [2.45, 2.75) is 66.0 Å². The SMILES string of the molecule is CCC(CC)C[C@H](C)OC(=O)[C@H](C)NC(=O)c1nccc(OC)c1OCOC(C)=O. The second kappa shape index (κ2) is 12.7. The zero-order valence-corrected chi connectivity index (χ0v) is 18.5. The number of hydrogen-bond donors (Lipinski definition) is 1. The molecule has 30 heavy (non-hydrogen) atoms. The number of hydrogen-bond acceptors (Lipinski definition) is 8. The van der Waals surface area contributed by atoms with Crippen molar-refractivity contribution in [3.63, 3.8) is 0 Å². The van der Waals surface area contributed by atoms with Crippen LogP contribution in [0.3, 0.4) is 0 Å². The molecule has 0 unspecified atom stereocenters. The molecule has 9 nitrogen and oxygen atoms in total. The summed E-state index contributed by atoms with van der Waals surface area (Å²) in [5.41, 5.74) is -0.105. The van der Waals surface area contributed by atoms with Crippen LogP contribution in [0.5, 0.6) is 11.5 Å². The van der Waals surface area contributed by atoms with E-state index in [4.69, 9.17) is 18.9 Å². The van der Waals surface area contributed by atoms with E-state index in [2.05, 4.69) is 24.1 Å². The Labute approximate surface area is 177 Å². The Morgan fingerprint density at radius 1 is 1.17 bits per heavy atom. The largest absolute Gasteiger partial charge is 0.493 e. The molecule has 0 aliphatic heterocycles. The van der Waals surface area contributed by atoms with Crippen molar-refractivity contribution >= 4 is 17.8 Å². The molecule has 1 aromatic rings. The van der Waals surface area contributed by atoms with Crippen molar-refractivity contribution in [1.82, 2.24) is 10.3 Å². The van der Waals surface area contributed by atoms with E-state index in [0.29, 0.717) is 5.92 Å². The molecule has 168 valence electrons. The minimum Gasteiger partial charge on any atom is -0.493 e. The van der Waals surface area contributed by atoms with Gasteiger partial charge in [-0.25, -0.2) is 9.78 Å². The van der Waals surface area contributed by atoms with Gasteiger partial charge in [0.15, 0.2) is 17.2 Å². The van der Waals surface area contributed by atoms with Gasteiger partial charge >= 0.3 is 11.9 Å². The highest BCUT2D eigenvalue weighted by Crippen LogP contribution is 2.29. The van der Waals surface area contributed by atoms with Crippen molar-refractivity contribution in [3.8, 4) is 11.5 Å². The summed E-state index contributed by atoms with van der Waals surface area (Å²) in [4.78, 5) is 40.0. The number of carbonyl (C=O) groups is 3. The first-order chi connectivity index (χ1) is 14.2. The van der Waals surface area contributed by atoms with Crippen LogP contribution in [0.25, 0.3) is 0 Å². The minimum atomic E-state index is -0.893. The van der Waals surface area contributed by atoms with E-state index in [1.165, 1.54) is 33.2 Å². The molecule has 1 rings (SSSR count). The average Bonchev–Trinajstić information content (AvgIpc) is 2.71. The number of amides is 1. The average molecular weight is 424 g/mol. The topological polar surface area (TPSA) is 113 Å². The number of esters is 2. The monoisotopic (exact) mass is 424 g/mol. The minimum absolute atomic E-state index is 0.00131. The van der Waals surface area contributed by atoms with Gasteiger partial charge in [0.05, 0.1) is 13.2 Å². The van der Waals surface area contributed by atoms with Gasteiger partial charge in [-0.2, -0.15) is 0 Å². The van der Waals surface area contributed by atoms with Crippen LogP contribution in [0.2, 0.25) is 0 Å². The number of carbonyl (C=O) groups excluding carboxylic acids is 3. The lowest BCUT2D eigenvalue weighted by atomic mass is 9.97. The highest BCUT2D eigenvalue weighted by atomic mass is 16.7. The Morgan fingerprint density at radius 2 is 1.83 bits per heavy atom. The molecule has 0 aliphatic carbocycles. The number of aromatic nitrogens is 1. The summed E-state index contributed by atoms with van der Waals surface area (Å²) in [6, 6.07) is 0.605. The summed E-state index contributed by atoms with van der Waals surface area (Å²) in [5, 5.41) is 2.55. The van der Waals surface area contributed by atoms with Gasteiger partial charge in [-0.15, -0.1) is 0 Å². The number of nitrogens with one attached hydrogen (secondary N) is 1. The molecule has 0 aromatic carbocycles. The molecule has 0 aliphatic rings. The fraction of sp³-hybridized carbons (Fsp3) is 0.619. The quantitative estimate of drug-likeness (QED) is 0.403. The maximum atomic E-state index is 12.7. The fourth-order valence-corrected chi connectivity index (χ4v) is 2.83. The number of methoxy groups -OCH3 is 1. The lowest BCUT2D eigenvalue weighted by Gasteiger charge is -2.21. The van der Waals surface area contributed by atoms with E-state index in [1.807, 2.05) is 6.92 Å². The third kappa shape index (κ3) is 7.88. The van der Waals surface area contributed by atoms with Gasteiger partial charge in [-0.3, -0.25) is 9.59 Å². The van der Waals surface area contributed by atoms with Crippen LogP contribution in [0.1, 0.15) is 64.4 Å². The molecular weight excluding hydrogens is 392 g/mol. The van der Waals surface area contributed by atoms with Crippen LogP contribution in [0.15, 0.2) is 12.3 Å². The first kappa shape index (κ1) is 25.2. The number of ether oxygens (including phenoxy) is 4. The van der Waals surface area contributed by atoms with E-state index in [-0.39, 0.29) is 23.3 Å². The number of pyridine rings is 1. The van der Waals surface area contributed by atoms with E-state index in [1.54, 1.807) is 0 Å². The Kier molecular flexibility index (Phi) is 10.6. The molecule has 2 atom stereocenters. The maximum Gasteiger partial charge on any atom is 0.328 e. The molecule has 1 heterocycles. The molecule has 0 spiro atoms. The van der Waals surface area contributed by atoms with Crippen LogP contribution in [0, 0.1) is 5.92 Å².